The number of rotatable bonds is 8. The van der Waals surface area contributed by atoms with Crippen LogP contribution in [0.15, 0.2) is 65.0 Å². The lowest BCUT2D eigenvalue weighted by Crippen LogP contribution is -2.48. The van der Waals surface area contributed by atoms with Gasteiger partial charge in [0.1, 0.15) is 6.17 Å². The van der Waals surface area contributed by atoms with Gasteiger partial charge >= 0.3 is 0 Å². The summed E-state index contributed by atoms with van der Waals surface area (Å²) in [7, 11) is 1.67. The number of aromatic nitrogens is 2. The van der Waals surface area contributed by atoms with Crippen LogP contribution < -0.4 is 22.2 Å². The predicted octanol–water partition coefficient (Wildman–Crippen LogP) is 1.57. The van der Waals surface area contributed by atoms with Gasteiger partial charge in [0.25, 0.3) is 0 Å². The molecule has 0 bridgehead atoms. The largest absolute Gasteiger partial charge is 0.383 e. The highest BCUT2D eigenvalue weighted by Gasteiger charge is 2.21. The Morgan fingerprint density at radius 1 is 1.19 bits per heavy atom. The number of aliphatic imine (C=N–C) groups is 2. The van der Waals surface area contributed by atoms with Gasteiger partial charge in [0.05, 0.1) is 49.0 Å². The van der Waals surface area contributed by atoms with Crippen LogP contribution in [0.4, 0.5) is 11.4 Å². The number of ether oxygens (including phenoxy) is 1. The molecule has 1 aliphatic heterocycles. The zero-order valence-corrected chi connectivity index (χ0v) is 17.9. The van der Waals surface area contributed by atoms with E-state index in [1.165, 1.54) is 5.01 Å². The molecule has 0 amide bonds. The van der Waals surface area contributed by atoms with E-state index in [1.54, 1.807) is 25.7 Å². The monoisotopic (exact) mass is 433 g/mol. The number of hydrazine groups is 1. The zero-order chi connectivity index (χ0) is 22.3. The van der Waals surface area contributed by atoms with Gasteiger partial charge < -0.3 is 21.1 Å². The van der Waals surface area contributed by atoms with Gasteiger partial charge in [-0.2, -0.15) is 0 Å². The molecule has 0 saturated heterocycles. The molecule has 4 rings (SSSR count). The van der Waals surface area contributed by atoms with Crippen molar-refractivity contribution in [1.29, 1.82) is 0 Å². The van der Waals surface area contributed by atoms with Crippen molar-refractivity contribution >= 4 is 33.9 Å². The van der Waals surface area contributed by atoms with Gasteiger partial charge in [-0.3, -0.25) is 20.0 Å². The van der Waals surface area contributed by atoms with E-state index in [2.05, 4.69) is 31.7 Å². The molecule has 0 fully saturated rings. The highest BCUT2D eigenvalue weighted by Crippen LogP contribution is 2.17. The first kappa shape index (κ1) is 21.5. The van der Waals surface area contributed by atoms with Crippen LogP contribution >= 0.6 is 0 Å². The Labute approximate surface area is 186 Å². The first-order chi connectivity index (χ1) is 15.6. The van der Waals surface area contributed by atoms with Gasteiger partial charge in [0.15, 0.2) is 11.7 Å². The Morgan fingerprint density at radius 2 is 2.06 bits per heavy atom. The molecule has 6 N–H and O–H groups in total. The van der Waals surface area contributed by atoms with Crippen molar-refractivity contribution in [1.82, 2.24) is 15.0 Å². The smallest absolute Gasteiger partial charge is 0.183 e. The summed E-state index contributed by atoms with van der Waals surface area (Å²) in [6.45, 7) is 2.16. The maximum absolute atomic E-state index is 6.33. The Kier molecular flexibility index (Phi) is 6.73. The average Bonchev–Trinajstić information content (AvgIpc) is 2.81. The highest BCUT2D eigenvalue weighted by molar-refractivity contribution is 6.40. The topological polar surface area (TPSA) is 139 Å². The molecule has 3 aromatic rings. The summed E-state index contributed by atoms with van der Waals surface area (Å²) in [6.07, 6.45) is 4.97. The molecule has 1 unspecified atom stereocenters. The van der Waals surface area contributed by atoms with Crippen LogP contribution in [0.1, 0.15) is 5.56 Å². The van der Waals surface area contributed by atoms with Crippen molar-refractivity contribution in [3.63, 3.8) is 0 Å². The molecule has 10 heteroatoms. The Hall–Kier alpha value is -3.76. The maximum Gasteiger partial charge on any atom is 0.183 e. The fraction of sp³-hybridized carbons (Fsp3) is 0.273. The summed E-state index contributed by atoms with van der Waals surface area (Å²) in [4.78, 5) is 17.7. The quantitative estimate of drug-likeness (QED) is 0.238. The van der Waals surface area contributed by atoms with Gasteiger partial charge in [-0.05, 0) is 29.8 Å². The first-order valence-corrected chi connectivity index (χ1v) is 10.3. The van der Waals surface area contributed by atoms with Crippen molar-refractivity contribution in [3.8, 4) is 0 Å². The number of benzene rings is 1. The van der Waals surface area contributed by atoms with Crippen molar-refractivity contribution < 1.29 is 4.74 Å². The molecular weight excluding hydrogens is 406 g/mol. The number of fused-ring (bicyclic) bond motifs is 1. The van der Waals surface area contributed by atoms with Crippen molar-refractivity contribution in [2.75, 3.05) is 37.4 Å². The summed E-state index contributed by atoms with van der Waals surface area (Å²) in [5.74, 6) is 7.09. The molecule has 0 spiro atoms. The lowest BCUT2D eigenvalue weighted by atomic mass is 10.1. The van der Waals surface area contributed by atoms with Crippen molar-refractivity contribution in [3.05, 3.63) is 60.6 Å². The summed E-state index contributed by atoms with van der Waals surface area (Å²) < 4.78 is 5.06. The second kappa shape index (κ2) is 10.0. The first-order valence-electron chi connectivity index (χ1n) is 10.3. The minimum atomic E-state index is -0.305. The van der Waals surface area contributed by atoms with Crippen LogP contribution in [0.3, 0.4) is 0 Å². The number of nitrogens with zero attached hydrogens (tertiary/aromatic N) is 5. The Bertz CT molecular complexity index is 1130. The van der Waals surface area contributed by atoms with Crippen LogP contribution in [0.2, 0.25) is 0 Å². The minimum Gasteiger partial charge on any atom is -0.383 e. The number of nitrogens with two attached hydrogens (primary N) is 2. The second-order valence-corrected chi connectivity index (χ2v) is 7.38. The molecule has 3 heterocycles. The predicted molar refractivity (Wildman–Crippen MR) is 127 cm³/mol. The van der Waals surface area contributed by atoms with E-state index in [-0.39, 0.29) is 6.17 Å². The molecular formula is C22H27N9O. The fourth-order valence-electron chi connectivity index (χ4n) is 3.41. The number of methoxy groups -OCH3 is 1. The molecule has 0 radical (unpaired) electrons. The average molecular weight is 434 g/mol. The third-order valence-electron chi connectivity index (χ3n) is 4.94. The van der Waals surface area contributed by atoms with Gasteiger partial charge in [-0.25, -0.2) is 10.8 Å². The maximum atomic E-state index is 6.33. The lowest BCUT2D eigenvalue weighted by molar-refractivity contribution is 0.211. The highest BCUT2D eigenvalue weighted by atomic mass is 16.5. The molecule has 1 aromatic carbocycles. The second-order valence-electron chi connectivity index (χ2n) is 7.38. The third-order valence-corrected chi connectivity index (χ3v) is 4.94. The summed E-state index contributed by atoms with van der Waals surface area (Å²) in [5, 5.41) is 9.16. The van der Waals surface area contributed by atoms with Gasteiger partial charge in [0.2, 0.25) is 0 Å². The zero-order valence-electron chi connectivity index (χ0n) is 17.9. The van der Waals surface area contributed by atoms with Crippen LogP contribution in [0.25, 0.3) is 10.9 Å². The fourth-order valence-corrected chi connectivity index (χ4v) is 3.41. The summed E-state index contributed by atoms with van der Waals surface area (Å²) in [5.41, 5.74) is 9.77. The number of nitrogens with one attached hydrogen (secondary N) is 2. The van der Waals surface area contributed by atoms with Crippen LogP contribution in [-0.4, -0.2) is 59.6 Å². The van der Waals surface area contributed by atoms with E-state index in [0.29, 0.717) is 37.9 Å². The van der Waals surface area contributed by atoms with E-state index in [4.69, 9.17) is 21.3 Å². The number of anilines is 2. The van der Waals surface area contributed by atoms with Crippen molar-refractivity contribution in [2.45, 2.75) is 12.7 Å². The summed E-state index contributed by atoms with van der Waals surface area (Å²) in [6, 6.07) is 11.9. The Morgan fingerprint density at radius 3 is 2.94 bits per heavy atom. The Balaban J connectivity index is 1.44. The minimum absolute atomic E-state index is 0.305. The van der Waals surface area contributed by atoms with E-state index in [9.17, 15) is 0 Å². The van der Waals surface area contributed by atoms with Crippen LogP contribution in [-0.2, 0) is 11.3 Å². The molecule has 1 atom stereocenters. The molecule has 166 valence electrons. The van der Waals surface area contributed by atoms with Gasteiger partial charge in [0, 0.05) is 25.2 Å². The molecule has 2 aromatic heterocycles. The number of hydrogen-bond donors (Lipinski definition) is 4. The van der Waals surface area contributed by atoms with Crippen LogP contribution in [0.5, 0.6) is 0 Å². The summed E-state index contributed by atoms with van der Waals surface area (Å²) >= 11 is 0. The number of pyridine rings is 2. The van der Waals surface area contributed by atoms with Crippen molar-refractivity contribution in [2.24, 2.45) is 21.6 Å². The molecule has 32 heavy (non-hydrogen) atoms. The van der Waals surface area contributed by atoms with E-state index in [1.807, 2.05) is 30.3 Å². The van der Waals surface area contributed by atoms with E-state index in [0.717, 1.165) is 27.8 Å². The lowest BCUT2D eigenvalue weighted by Gasteiger charge is -2.26. The molecule has 0 aliphatic carbocycles. The third kappa shape index (κ3) is 5.29. The van der Waals surface area contributed by atoms with E-state index >= 15 is 0 Å². The normalized spacial score (nSPS) is 15.8. The molecule has 1 aliphatic rings. The SMILES string of the molecule is COCCNc1cncc(NC2CN=C(N)C(N(N)Cc3ccc4ncccc4c3)=N2)c1. The number of hydrogen-bond acceptors (Lipinski definition) is 10. The van der Waals surface area contributed by atoms with E-state index < -0.39 is 0 Å². The van der Waals surface area contributed by atoms with Crippen LogP contribution in [0, 0.1) is 0 Å². The van der Waals surface area contributed by atoms with Gasteiger partial charge in [-0.1, -0.05) is 12.1 Å². The van der Waals surface area contributed by atoms with Gasteiger partial charge in [-0.15, -0.1) is 0 Å². The number of amidine groups is 2. The molecule has 0 saturated carbocycles. The standard InChI is InChI=1S/C22H27N9O/c1-32-8-7-26-17-10-18(12-25-11-17)29-20-13-28-21(23)22(30-20)31(24)14-15-4-5-19-16(9-15)3-2-6-27-19/h2-6,9-12,20,26,29H,7-8,13-14,24H2,1H3,(H2,23,28). The molecule has 10 nitrogen and oxygen atoms in total.